The highest BCUT2D eigenvalue weighted by Crippen LogP contribution is 2.27. The van der Waals surface area contributed by atoms with Crippen LogP contribution in [0.4, 0.5) is 13.2 Å². The van der Waals surface area contributed by atoms with Crippen LogP contribution >= 0.6 is 0 Å². The molecule has 0 spiro atoms. The van der Waals surface area contributed by atoms with Crippen molar-refractivity contribution < 1.29 is 14.5 Å². The number of halogens is 3. The van der Waals surface area contributed by atoms with Crippen molar-refractivity contribution in [1.82, 2.24) is 4.98 Å². The lowest BCUT2D eigenvalue weighted by atomic mass is 10.3. The van der Waals surface area contributed by atoms with Crippen LogP contribution in [-0.4, -0.2) is 4.98 Å². The Hall–Kier alpha value is -1.06. The Kier molecular flexibility index (Phi) is 1.30. The SMILES string of the molecule is [2H]c1ncccc1C(F)(F)F. The van der Waals surface area contributed by atoms with Crippen LogP contribution in [0.2, 0.25) is 0 Å². The van der Waals surface area contributed by atoms with Gasteiger partial charge in [0.2, 0.25) is 0 Å². The summed E-state index contributed by atoms with van der Waals surface area (Å²) in [6, 6.07) is 1.98. The van der Waals surface area contributed by atoms with Crippen LogP contribution in [-0.2, 0) is 6.18 Å². The fourth-order valence-electron chi connectivity index (χ4n) is 0.484. The molecule has 1 aromatic heterocycles. The summed E-state index contributed by atoms with van der Waals surface area (Å²) in [6.45, 7) is 0. The van der Waals surface area contributed by atoms with Crippen molar-refractivity contribution in [2.75, 3.05) is 0 Å². The molecule has 1 aromatic rings. The van der Waals surface area contributed by atoms with Crippen molar-refractivity contribution in [1.29, 1.82) is 0 Å². The quantitative estimate of drug-likeness (QED) is 0.549. The topological polar surface area (TPSA) is 12.9 Å². The van der Waals surface area contributed by atoms with Gasteiger partial charge in [0.05, 0.1) is 6.93 Å². The van der Waals surface area contributed by atoms with Gasteiger partial charge in [-0.25, -0.2) is 0 Å². The van der Waals surface area contributed by atoms with E-state index < -0.39 is 17.9 Å². The molecule has 0 aliphatic heterocycles. The number of pyridine rings is 1. The van der Waals surface area contributed by atoms with E-state index in [-0.39, 0.29) is 0 Å². The normalized spacial score (nSPS) is 12.9. The van der Waals surface area contributed by atoms with Gasteiger partial charge in [-0.1, -0.05) is 0 Å². The maximum atomic E-state index is 11.9. The fourth-order valence-corrected chi connectivity index (χ4v) is 0.484. The van der Waals surface area contributed by atoms with Crippen LogP contribution < -0.4 is 0 Å². The van der Waals surface area contributed by atoms with Crippen LogP contribution in [0, 0.1) is 0 Å². The smallest absolute Gasteiger partial charge is 0.264 e. The van der Waals surface area contributed by atoms with Gasteiger partial charge in [-0.05, 0) is 12.1 Å². The summed E-state index contributed by atoms with van der Waals surface area (Å²) in [5, 5.41) is 0. The Morgan fingerprint density at radius 3 is 2.60 bits per heavy atom. The van der Waals surface area contributed by atoms with E-state index >= 15 is 0 Å². The molecule has 0 atom stereocenters. The van der Waals surface area contributed by atoms with Crippen LogP contribution in [0.3, 0.4) is 0 Å². The van der Waals surface area contributed by atoms with Crippen molar-refractivity contribution in [3.8, 4) is 0 Å². The monoisotopic (exact) mass is 148 g/mol. The Balaban J connectivity index is 3.14. The highest BCUT2D eigenvalue weighted by atomic mass is 19.4. The summed E-state index contributed by atoms with van der Waals surface area (Å²) in [7, 11) is 0. The predicted octanol–water partition coefficient (Wildman–Crippen LogP) is 2.10. The molecular formula is C6H4F3N. The maximum absolute atomic E-state index is 11.9. The zero-order valence-corrected chi connectivity index (χ0v) is 4.81. The van der Waals surface area contributed by atoms with Gasteiger partial charge in [-0.2, -0.15) is 13.2 Å². The Bertz CT molecular complexity index is 258. The first-order valence-electron chi connectivity index (χ1n) is 3.00. The Labute approximate surface area is 56.9 Å². The summed E-state index contributed by atoms with van der Waals surface area (Å²) in [4.78, 5) is 3.19. The molecule has 1 nitrogen and oxygen atoms in total. The highest BCUT2D eigenvalue weighted by molar-refractivity contribution is 5.11. The Morgan fingerprint density at radius 1 is 1.50 bits per heavy atom. The van der Waals surface area contributed by atoms with Crippen molar-refractivity contribution in [2.24, 2.45) is 0 Å². The van der Waals surface area contributed by atoms with E-state index in [1.54, 1.807) is 0 Å². The standard InChI is InChI=1S/C6H4F3N/c7-6(8,9)5-2-1-3-10-4-5/h1-4H/i4D. The molecule has 54 valence electrons. The molecule has 0 fully saturated rings. The molecule has 1 rings (SSSR count). The minimum Gasteiger partial charge on any atom is -0.264 e. The second kappa shape index (κ2) is 2.28. The van der Waals surface area contributed by atoms with E-state index in [9.17, 15) is 13.2 Å². The molecule has 0 aromatic carbocycles. The molecule has 0 saturated carbocycles. The fraction of sp³-hybridized carbons (Fsp3) is 0.167. The van der Waals surface area contributed by atoms with Gasteiger partial charge in [0.15, 0.2) is 0 Å². The highest BCUT2D eigenvalue weighted by Gasteiger charge is 2.30. The molecule has 0 bridgehead atoms. The van der Waals surface area contributed by atoms with E-state index in [0.29, 0.717) is 0 Å². The summed E-state index contributed by atoms with van der Waals surface area (Å²) >= 11 is 0. The second-order valence-electron chi connectivity index (χ2n) is 1.66. The van der Waals surface area contributed by atoms with E-state index in [4.69, 9.17) is 1.37 Å². The third kappa shape index (κ3) is 1.46. The minimum atomic E-state index is -4.47. The molecule has 4 heteroatoms. The molecule has 0 N–H and O–H groups in total. The van der Waals surface area contributed by atoms with E-state index in [0.717, 1.165) is 18.3 Å². The predicted molar refractivity (Wildman–Crippen MR) is 29.2 cm³/mol. The van der Waals surface area contributed by atoms with Crippen molar-refractivity contribution in [2.45, 2.75) is 6.18 Å². The minimum absolute atomic E-state index is 0.736. The van der Waals surface area contributed by atoms with Crippen LogP contribution in [0.1, 0.15) is 6.93 Å². The van der Waals surface area contributed by atoms with Gasteiger partial charge in [0, 0.05) is 12.4 Å². The molecule has 0 aliphatic carbocycles. The van der Waals surface area contributed by atoms with Crippen LogP contribution in [0.5, 0.6) is 0 Å². The lowest BCUT2D eigenvalue weighted by Crippen LogP contribution is -2.04. The first-order valence-corrected chi connectivity index (χ1v) is 2.50. The van der Waals surface area contributed by atoms with Crippen LogP contribution in [0.15, 0.2) is 24.5 Å². The van der Waals surface area contributed by atoms with E-state index in [2.05, 4.69) is 4.98 Å². The number of hydrogen-bond acceptors (Lipinski definition) is 1. The van der Waals surface area contributed by atoms with Gasteiger partial charge in [-0.3, -0.25) is 4.98 Å². The van der Waals surface area contributed by atoms with Crippen molar-refractivity contribution in [3.63, 3.8) is 0 Å². The van der Waals surface area contributed by atoms with Gasteiger partial charge < -0.3 is 0 Å². The number of rotatable bonds is 0. The average molecular weight is 148 g/mol. The summed E-state index contributed by atoms with van der Waals surface area (Å²) in [5.41, 5.74) is -1.000. The van der Waals surface area contributed by atoms with Gasteiger partial charge >= 0.3 is 6.18 Å². The van der Waals surface area contributed by atoms with Gasteiger partial charge in [-0.15, -0.1) is 0 Å². The van der Waals surface area contributed by atoms with E-state index in [1.807, 2.05) is 0 Å². The third-order valence-electron chi connectivity index (χ3n) is 0.914. The number of nitrogens with zero attached hydrogens (tertiary/aromatic N) is 1. The zero-order valence-electron chi connectivity index (χ0n) is 5.81. The van der Waals surface area contributed by atoms with Crippen molar-refractivity contribution in [3.05, 3.63) is 30.1 Å². The first kappa shape index (κ1) is 5.70. The maximum Gasteiger partial charge on any atom is 0.417 e. The van der Waals surface area contributed by atoms with Gasteiger partial charge in [0.25, 0.3) is 0 Å². The largest absolute Gasteiger partial charge is 0.417 e. The number of aromatic nitrogens is 1. The number of alkyl halides is 3. The molecule has 0 amide bonds. The first-order chi connectivity index (χ1) is 5.02. The molecule has 0 unspecified atom stereocenters. The average Bonchev–Trinajstić information content (AvgIpc) is 1.86. The molecule has 0 saturated heterocycles. The third-order valence-corrected chi connectivity index (χ3v) is 0.914. The van der Waals surface area contributed by atoms with E-state index in [1.165, 1.54) is 0 Å². The lowest BCUT2D eigenvalue weighted by Gasteiger charge is -2.03. The Morgan fingerprint density at radius 2 is 2.20 bits per heavy atom. The summed E-state index contributed by atoms with van der Waals surface area (Å²) < 4.78 is 42.5. The molecule has 0 radical (unpaired) electrons. The molecule has 1 heterocycles. The molecule has 10 heavy (non-hydrogen) atoms. The molecule has 0 aliphatic rings. The number of hydrogen-bond donors (Lipinski definition) is 0. The van der Waals surface area contributed by atoms with Crippen LogP contribution in [0.25, 0.3) is 0 Å². The summed E-state index contributed by atoms with van der Waals surface area (Å²) in [6.07, 6.45) is -4.05. The summed E-state index contributed by atoms with van der Waals surface area (Å²) in [5.74, 6) is 0. The molecular weight excluding hydrogens is 143 g/mol. The van der Waals surface area contributed by atoms with Gasteiger partial charge in [0.1, 0.15) is 0 Å². The van der Waals surface area contributed by atoms with Crippen molar-refractivity contribution >= 4 is 0 Å². The second-order valence-corrected chi connectivity index (χ2v) is 1.66. The lowest BCUT2D eigenvalue weighted by molar-refractivity contribution is -0.137. The zero-order chi connectivity index (χ0) is 8.48.